The molecule has 0 saturated carbocycles. The number of rotatable bonds is 9. The predicted molar refractivity (Wildman–Crippen MR) is 92.2 cm³/mol. The van der Waals surface area contributed by atoms with Crippen LogP contribution in [0.25, 0.3) is 0 Å². The van der Waals surface area contributed by atoms with Crippen LogP contribution in [0.3, 0.4) is 0 Å². The second-order valence-corrected chi connectivity index (χ2v) is 5.30. The van der Waals surface area contributed by atoms with Crippen LogP contribution in [0.2, 0.25) is 0 Å². The maximum Gasteiger partial charge on any atom is 0.237 e. The van der Waals surface area contributed by atoms with Gasteiger partial charge < -0.3 is 15.8 Å². The van der Waals surface area contributed by atoms with Crippen molar-refractivity contribution in [2.45, 2.75) is 19.0 Å². The summed E-state index contributed by atoms with van der Waals surface area (Å²) in [7, 11) is 0. The highest BCUT2D eigenvalue weighted by atomic mass is 35.5. The van der Waals surface area contributed by atoms with Gasteiger partial charge in [0.05, 0.1) is 6.04 Å². The van der Waals surface area contributed by atoms with E-state index in [1.807, 2.05) is 30.5 Å². The van der Waals surface area contributed by atoms with Crippen LogP contribution in [-0.4, -0.2) is 30.6 Å². The number of amides is 1. The Bertz CT molecular complexity index is 443. The molecule has 0 aliphatic rings. The highest BCUT2D eigenvalue weighted by molar-refractivity contribution is 7.98. The molecule has 0 heterocycles. The molecule has 0 unspecified atom stereocenters. The summed E-state index contributed by atoms with van der Waals surface area (Å²) >= 11 is 1.68. The molecule has 1 aromatic rings. The van der Waals surface area contributed by atoms with E-state index in [0.717, 1.165) is 17.1 Å². The molecule has 118 valence electrons. The van der Waals surface area contributed by atoms with Gasteiger partial charge in [0, 0.05) is 12.1 Å². The van der Waals surface area contributed by atoms with Gasteiger partial charge in [-0.15, -0.1) is 12.4 Å². The van der Waals surface area contributed by atoms with E-state index in [9.17, 15) is 4.79 Å². The highest BCUT2D eigenvalue weighted by Gasteiger charge is 2.13. The zero-order valence-electron chi connectivity index (χ0n) is 12.2. The number of nitrogens with two attached hydrogens (primary N) is 1. The fourth-order valence-corrected chi connectivity index (χ4v) is 2.12. The molecule has 1 aromatic carbocycles. The van der Waals surface area contributed by atoms with Crippen LogP contribution in [0.15, 0.2) is 36.9 Å². The Morgan fingerprint density at radius 3 is 2.90 bits per heavy atom. The Hall–Kier alpha value is -1.17. The van der Waals surface area contributed by atoms with Gasteiger partial charge in [0.1, 0.15) is 12.4 Å². The molecule has 0 aromatic heterocycles. The SMILES string of the molecule is C=CCOc1ccccc1CNC(=O)[C@@H](N)CCSC.Cl. The molecule has 1 amide bonds. The summed E-state index contributed by atoms with van der Waals surface area (Å²) in [5.41, 5.74) is 6.75. The minimum atomic E-state index is -0.455. The lowest BCUT2D eigenvalue weighted by atomic mass is 10.2. The first-order chi connectivity index (χ1) is 9.69. The first-order valence-corrected chi connectivity index (χ1v) is 7.92. The van der Waals surface area contributed by atoms with E-state index in [4.69, 9.17) is 10.5 Å². The van der Waals surface area contributed by atoms with Crippen molar-refractivity contribution in [2.24, 2.45) is 5.73 Å². The number of halogens is 1. The average molecular weight is 331 g/mol. The quantitative estimate of drug-likeness (QED) is 0.682. The first kappa shape index (κ1) is 19.8. The number of benzene rings is 1. The van der Waals surface area contributed by atoms with Crippen LogP contribution in [0.5, 0.6) is 5.75 Å². The van der Waals surface area contributed by atoms with Gasteiger partial charge in [-0.1, -0.05) is 30.9 Å². The largest absolute Gasteiger partial charge is 0.489 e. The molecule has 0 aliphatic heterocycles. The Balaban J connectivity index is 0.00000400. The Labute approximate surface area is 136 Å². The molecule has 21 heavy (non-hydrogen) atoms. The smallest absolute Gasteiger partial charge is 0.237 e. The Kier molecular flexibility index (Phi) is 10.8. The minimum absolute atomic E-state index is 0. The van der Waals surface area contributed by atoms with Crippen LogP contribution < -0.4 is 15.8 Å². The predicted octanol–water partition coefficient (Wildman–Crippen LogP) is 2.37. The van der Waals surface area contributed by atoms with Crippen molar-refractivity contribution < 1.29 is 9.53 Å². The monoisotopic (exact) mass is 330 g/mol. The van der Waals surface area contributed by atoms with Crippen LogP contribution >= 0.6 is 24.2 Å². The molecule has 3 N–H and O–H groups in total. The molecule has 6 heteroatoms. The summed E-state index contributed by atoms with van der Waals surface area (Å²) in [5.74, 6) is 1.51. The number of hydrogen-bond acceptors (Lipinski definition) is 4. The van der Waals surface area contributed by atoms with Gasteiger partial charge in [-0.05, 0) is 24.5 Å². The molecular formula is C15H23ClN2O2S. The lowest BCUT2D eigenvalue weighted by molar-refractivity contribution is -0.122. The van der Waals surface area contributed by atoms with Gasteiger partial charge in [-0.25, -0.2) is 0 Å². The highest BCUT2D eigenvalue weighted by Crippen LogP contribution is 2.17. The maximum absolute atomic E-state index is 11.8. The third-order valence-electron chi connectivity index (χ3n) is 2.75. The van der Waals surface area contributed by atoms with E-state index in [-0.39, 0.29) is 18.3 Å². The first-order valence-electron chi connectivity index (χ1n) is 6.53. The summed E-state index contributed by atoms with van der Waals surface area (Å²) < 4.78 is 5.54. The number of para-hydroxylation sites is 1. The molecule has 4 nitrogen and oxygen atoms in total. The number of carbonyl (C=O) groups excluding carboxylic acids is 1. The molecule has 1 atom stereocenters. The summed E-state index contributed by atoms with van der Waals surface area (Å²) in [6.07, 6.45) is 4.37. The molecule has 0 aliphatic carbocycles. The van der Waals surface area contributed by atoms with Crippen molar-refractivity contribution in [3.05, 3.63) is 42.5 Å². The summed E-state index contributed by atoms with van der Waals surface area (Å²) in [6.45, 7) is 4.48. The van der Waals surface area contributed by atoms with Crippen molar-refractivity contribution in [2.75, 3.05) is 18.6 Å². The van der Waals surface area contributed by atoms with E-state index in [2.05, 4.69) is 11.9 Å². The summed E-state index contributed by atoms with van der Waals surface area (Å²) in [4.78, 5) is 11.8. The van der Waals surface area contributed by atoms with Gasteiger partial charge in [-0.3, -0.25) is 4.79 Å². The number of thioether (sulfide) groups is 1. The van der Waals surface area contributed by atoms with Crippen molar-refractivity contribution in [1.29, 1.82) is 0 Å². The molecule has 0 saturated heterocycles. The van der Waals surface area contributed by atoms with Crippen molar-refractivity contribution in [1.82, 2.24) is 5.32 Å². The minimum Gasteiger partial charge on any atom is -0.489 e. The topological polar surface area (TPSA) is 64.3 Å². The fraction of sp³-hybridized carbons (Fsp3) is 0.400. The lowest BCUT2D eigenvalue weighted by Crippen LogP contribution is -2.40. The van der Waals surface area contributed by atoms with Crippen molar-refractivity contribution >= 4 is 30.1 Å². The summed E-state index contributed by atoms with van der Waals surface area (Å²) in [5, 5.41) is 2.85. The second kappa shape index (κ2) is 11.5. The molecular weight excluding hydrogens is 308 g/mol. The second-order valence-electron chi connectivity index (χ2n) is 4.31. The zero-order chi connectivity index (χ0) is 14.8. The Morgan fingerprint density at radius 2 is 2.24 bits per heavy atom. The van der Waals surface area contributed by atoms with Crippen molar-refractivity contribution in [3.8, 4) is 5.75 Å². The number of nitrogens with one attached hydrogen (secondary N) is 1. The molecule has 0 radical (unpaired) electrons. The van der Waals surface area contributed by atoms with E-state index in [0.29, 0.717) is 19.6 Å². The van der Waals surface area contributed by atoms with Crippen molar-refractivity contribution in [3.63, 3.8) is 0 Å². The third kappa shape index (κ3) is 7.41. The fourth-order valence-electron chi connectivity index (χ4n) is 1.63. The van der Waals surface area contributed by atoms with Gasteiger partial charge >= 0.3 is 0 Å². The van der Waals surface area contributed by atoms with Gasteiger partial charge in [0.25, 0.3) is 0 Å². The number of ether oxygens (including phenoxy) is 1. The molecule has 0 fully saturated rings. The van der Waals surface area contributed by atoms with E-state index in [1.54, 1.807) is 17.8 Å². The normalized spacial score (nSPS) is 11.1. The standard InChI is InChI=1S/C15H22N2O2S.ClH/c1-3-9-19-14-7-5-4-6-12(14)11-17-15(18)13(16)8-10-20-2;/h3-7,13H,1,8-11,16H2,2H3,(H,17,18);1H/t13-;/m0./s1. The number of carbonyl (C=O) groups is 1. The Morgan fingerprint density at radius 1 is 1.52 bits per heavy atom. The molecule has 0 spiro atoms. The summed E-state index contributed by atoms with van der Waals surface area (Å²) in [6, 6.07) is 7.15. The van der Waals surface area contributed by atoms with E-state index >= 15 is 0 Å². The lowest BCUT2D eigenvalue weighted by Gasteiger charge is -2.14. The molecule has 0 bridgehead atoms. The number of hydrogen-bond donors (Lipinski definition) is 2. The average Bonchev–Trinajstić information content (AvgIpc) is 2.48. The van der Waals surface area contributed by atoms with Gasteiger partial charge in [0.15, 0.2) is 0 Å². The molecule has 1 rings (SSSR count). The van der Waals surface area contributed by atoms with E-state index in [1.165, 1.54) is 0 Å². The van der Waals surface area contributed by atoms with Crippen LogP contribution in [0.4, 0.5) is 0 Å². The van der Waals surface area contributed by atoms with Crippen LogP contribution in [-0.2, 0) is 11.3 Å². The van der Waals surface area contributed by atoms with E-state index < -0.39 is 6.04 Å². The van der Waals surface area contributed by atoms with Gasteiger partial charge in [0.2, 0.25) is 5.91 Å². The maximum atomic E-state index is 11.8. The zero-order valence-corrected chi connectivity index (χ0v) is 13.8. The van der Waals surface area contributed by atoms with Crippen LogP contribution in [0.1, 0.15) is 12.0 Å². The van der Waals surface area contributed by atoms with Crippen LogP contribution in [0, 0.1) is 0 Å². The van der Waals surface area contributed by atoms with Gasteiger partial charge in [-0.2, -0.15) is 11.8 Å². The third-order valence-corrected chi connectivity index (χ3v) is 3.40.